The fourth-order valence-corrected chi connectivity index (χ4v) is 3.13. The fraction of sp³-hybridized carbons (Fsp3) is 0.364. The van der Waals surface area contributed by atoms with Gasteiger partial charge in [0.1, 0.15) is 13.2 Å². The van der Waals surface area contributed by atoms with Crippen LogP contribution in [-0.4, -0.2) is 15.5 Å². The monoisotopic (exact) mass is 350 g/mol. The molecular weight excluding hydrogens is 324 g/mol. The number of imidazole rings is 1. The summed E-state index contributed by atoms with van der Waals surface area (Å²) in [5.74, 6) is -0.258. The van der Waals surface area contributed by atoms with E-state index in [-0.39, 0.29) is 17.9 Å². The summed E-state index contributed by atoms with van der Waals surface area (Å²) in [5.41, 5.74) is 6.63. The molecule has 0 fully saturated rings. The van der Waals surface area contributed by atoms with Gasteiger partial charge in [-0.25, -0.2) is 4.98 Å². The van der Waals surface area contributed by atoms with Gasteiger partial charge in [0, 0.05) is 0 Å². The van der Waals surface area contributed by atoms with E-state index in [9.17, 15) is 4.79 Å². The van der Waals surface area contributed by atoms with Gasteiger partial charge in [-0.3, -0.25) is 4.79 Å². The van der Waals surface area contributed by atoms with E-state index in [2.05, 4.69) is 51.7 Å². The average Bonchev–Trinajstić information content (AvgIpc) is 2.96. The topological polar surface area (TPSA) is 44.1 Å². The predicted octanol–water partition coefficient (Wildman–Crippen LogP) is 4.69. The summed E-state index contributed by atoms with van der Waals surface area (Å²) in [7, 11) is 0. The molecule has 3 rings (SSSR count). The first-order valence-corrected chi connectivity index (χ1v) is 8.92. The van der Waals surface area contributed by atoms with Crippen molar-refractivity contribution in [3.05, 3.63) is 65.0 Å². The van der Waals surface area contributed by atoms with Gasteiger partial charge in [0.2, 0.25) is 0 Å². The second kappa shape index (κ2) is 6.94. The number of aryl methyl sites for hydroxylation is 2. The maximum Gasteiger partial charge on any atom is 0.326 e. The Morgan fingerprint density at radius 2 is 1.77 bits per heavy atom. The van der Waals surface area contributed by atoms with Crippen LogP contribution in [0, 0.1) is 13.8 Å². The first-order chi connectivity index (χ1) is 12.3. The Balaban J connectivity index is 1.70. The summed E-state index contributed by atoms with van der Waals surface area (Å²) in [5, 5.41) is 0. The van der Waals surface area contributed by atoms with Crippen molar-refractivity contribution in [3.63, 3.8) is 0 Å². The highest BCUT2D eigenvalue weighted by atomic mass is 16.5. The van der Waals surface area contributed by atoms with Crippen molar-refractivity contribution in [2.75, 3.05) is 0 Å². The zero-order valence-corrected chi connectivity index (χ0v) is 16.2. The Morgan fingerprint density at radius 3 is 2.42 bits per heavy atom. The molecule has 4 nitrogen and oxygen atoms in total. The summed E-state index contributed by atoms with van der Waals surface area (Å²) < 4.78 is 7.37. The van der Waals surface area contributed by atoms with E-state index in [1.54, 1.807) is 6.33 Å². The average molecular weight is 350 g/mol. The predicted molar refractivity (Wildman–Crippen MR) is 104 cm³/mol. The molecule has 26 heavy (non-hydrogen) atoms. The van der Waals surface area contributed by atoms with E-state index in [0.29, 0.717) is 6.61 Å². The highest BCUT2D eigenvalue weighted by molar-refractivity contribution is 5.78. The zero-order chi connectivity index (χ0) is 18.9. The van der Waals surface area contributed by atoms with Gasteiger partial charge in [-0.1, -0.05) is 45.0 Å². The van der Waals surface area contributed by atoms with Crippen molar-refractivity contribution in [1.29, 1.82) is 0 Å². The molecule has 0 amide bonds. The number of carbonyl (C=O) groups excluding carboxylic acids is 1. The number of esters is 1. The Labute approximate surface area is 154 Å². The second-order valence-electron chi connectivity index (χ2n) is 7.86. The van der Waals surface area contributed by atoms with Crippen molar-refractivity contribution < 1.29 is 9.53 Å². The van der Waals surface area contributed by atoms with E-state index < -0.39 is 0 Å². The molecule has 0 atom stereocenters. The third-order valence-electron chi connectivity index (χ3n) is 4.77. The molecule has 0 saturated heterocycles. The highest BCUT2D eigenvalue weighted by Crippen LogP contribution is 2.27. The zero-order valence-electron chi connectivity index (χ0n) is 16.2. The maximum atomic E-state index is 12.3. The third-order valence-corrected chi connectivity index (χ3v) is 4.77. The minimum Gasteiger partial charge on any atom is -0.459 e. The summed E-state index contributed by atoms with van der Waals surface area (Å²) >= 11 is 0. The minimum atomic E-state index is -0.258. The number of nitrogens with zero attached hydrogens (tertiary/aromatic N) is 2. The van der Waals surface area contributed by atoms with Gasteiger partial charge in [-0.05, 0) is 53.6 Å². The van der Waals surface area contributed by atoms with Crippen LogP contribution >= 0.6 is 0 Å². The normalized spacial score (nSPS) is 11.7. The quantitative estimate of drug-likeness (QED) is 0.641. The van der Waals surface area contributed by atoms with Gasteiger partial charge in [-0.15, -0.1) is 0 Å². The molecule has 1 heterocycles. The standard InChI is InChI=1S/C22H26N2O2/c1-15-10-17(22(3,4)5)11-16(2)18(15)13-26-21(25)12-24-14-23-19-8-6-7-9-20(19)24/h6-11,14H,12-13H2,1-5H3. The van der Waals surface area contributed by atoms with E-state index in [4.69, 9.17) is 4.74 Å². The van der Waals surface area contributed by atoms with Crippen LogP contribution < -0.4 is 0 Å². The van der Waals surface area contributed by atoms with Crippen LogP contribution in [0.4, 0.5) is 0 Å². The summed E-state index contributed by atoms with van der Waals surface area (Å²) in [4.78, 5) is 16.6. The van der Waals surface area contributed by atoms with Gasteiger partial charge in [0.25, 0.3) is 0 Å². The van der Waals surface area contributed by atoms with Crippen LogP contribution in [-0.2, 0) is 28.1 Å². The molecule has 0 N–H and O–H groups in total. The SMILES string of the molecule is Cc1cc(C(C)(C)C)cc(C)c1COC(=O)Cn1cnc2ccccc21. The van der Waals surface area contributed by atoms with E-state index >= 15 is 0 Å². The number of ether oxygens (including phenoxy) is 1. The number of benzene rings is 2. The van der Waals surface area contributed by atoms with E-state index in [0.717, 1.165) is 27.7 Å². The van der Waals surface area contributed by atoms with Crippen molar-refractivity contribution in [1.82, 2.24) is 9.55 Å². The van der Waals surface area contributed by atoms with Crippen molar-refractivity contribution >= 4 is 17.0 Å². The molecule has 3 aromatic rings. The number of hydrogen-bond acceptors (Lipinski definition) is 3. The fourth-order valence-electron chi connectivity index (χ4n) is 3.13. The number of hydrogen-bond donors (Lipinski definition) is 0. The molecule has 0 radical (unpaired) electrons. The van der Waals surface area contributed by atoms with E-state index in [1.165, 1.54) is 5.56 Å². The molecule has 2 aromatic carbocycles. The van der Waals surface area contributed by atoms with Gasteiger partial charge in [0.05, 0.1) is 17.4 Å². The van der Waals surface area contributed by atoms with Crippen molar-refractivity contribution in [3.8, 4) is 0 Å². The van der Waals surface area contributed by atoms with Gasteiger partial charge in [-0.2, -0.15) is 0 Å². The highest BCUT2D eigenvalue weighted by Gasteiger charge is 2.17. The number of rotatable bonds is 4. The van der Waals surface area contributed by atoms with Crippen molar-refractivity contribution in [2.45, 2.75) is 53.2 Å². The molecular formula is C22H26N2O2. The summed E-state index contributed by atoms with van der Waals surface area (Å²) in [6, 6.07) is 12.1. The van der Waals surface area contributed by atoms with Crippen LogP contribution in [0.5, 0.6) is 0 Å². The molecule has 1 aromatic heterocycles. The van der Waals surface area contributed by atoms with Crippen molar-refractivity contribution in [2.24, 2.45) is 0 Å². The lowest BCUT2D eigenvalue weighted by atomic mass is 9.84. The Bertz CT molecular complexity index is 925. The first-order valence-electron chi connectivity index (χ1n) is 8.92. The molecule has 0 aliphatic carbocycles. The van der Waals surface area contributed by atoms with Gasteiger partial charge >= 0.3 is 5.97 Å². The molecule has 4 heteroatoms. The van der Waals surface area contributed by atoms with E-state index in [1.807, 2.05) is 28.8 Å². The molecule has 0 bridgehead atoms. The number of carbonyl (C=O) groups is 1. The van der Waals surface area contributed by atoms with Crippen LogP contribution in [0.1, 0.15) is 43.0 Å². The van der Waals surface area contributed by atoms with Crippen LogP contribution in [0.25, 0.3) is 11.0 Å². The number of para-hydroxylation sites is 2. The number of aromatic nitrogens is 2. The Hall–Kier alpha value is -2.62. The molecule has 0 spiro atoms. The lowest BCUT2D eigenvalue weighted by molar-refractivity contribution is -0.145. The Kier molecular flexibility index (Phi) is 4.86. The lowest BCUT2D eigenvalue weighted by Crippen LogP contribution is -2.15. The molecule has 0 aliphatic rings. The maximum absolute atomic E-state index is 12.3. The lowest BCUT2D eigenvalue weighted by Gasteiger charge is -2.22. The third kappa shape index (κ3) is 3.79. The van der Waals surface area contributed by atoms with Gasteiger partial charge in [0.15, 0.2) is 0 Å². The first kappa shape index (κ1) is 18.2. The minimum absolute atomic E-state index is 0.104. The second-order valence-corrected chi connectivity index (χ2v) is 7.86. The Morgan fingerprint density at radius 1 is 1.12 bits per heavy atom. The summed E-state index contributed by atoms with van der Waals surface area (Å²) in [6.07, 6.45) is 1.68. The molecule has 0 unspecified atom stereocenters. The molecule has 136 valence electrons. The smallest absolute Gasteiger partial charge is 0.326 e. The molecule has 0 saturated carbocycles. The van der Waals surface area contributed by atoms with Gasteiger partial charge < -0.3 is 9.30 Å². The summed E-state index contributed by atoms with van der Waals surface area (Å²) in [6.45, 7) is 11.2. The van der Waals surface area contributed by atoms with Crippen LogP contribution in [0.2, 0.25) is 0 Å². The molecule has 0 aliphatic heterocycles. The number of fused-ring (bicyclic) bond motifs is 1. The largest absolute Gasteiger partial charge is 0.459 e. The van der Waals surface area contributed by atoms with Crippen LogP contribution in [0.15, 0.2) is 42.7 Å². The van der Waals surface area contributed by atoms with Crippen LogP contribution in [0.3, 0.4) is 0 Å².